The Labute approximate surface area is 99.8 Å². The molecule has 1 unspecified atom stereocenters. The van der Waals surface area contributed by atoms with Crippen LogP contribution >= 0.6 is 0 Å². The van der Waals surface area contributed by atoms with Crippen LogP contribution in [0.15, 0.2) is 0 Å². The molecule has 1 heterocycles. The van der Waals surface area contributed by atoms with E-state index in [4.69, 9.17) is 4.74 Å². The Morgan fingerprint density at radius 1 is 1.38 bits per heavy atom. The van der Waals surface area contributed by atoms with Gasteiger partial charge >= 0.3 is 0 Å². The number of aliphatic hydroxyl groups is 1. The van der Waals surface area contributed by atoms with Gasteiger partial charge in [0.2, 0.25) is 0 Å². The number of aliphatic hydroxyl groups excluding tert-OH is 1. The van der Waals surface area contributed by atoms with Gasteiger partial charge in [0.25, 0.3) is 0 Å². The average molecular weight is 229 g/mol. The van der Waals surface area contributed by atoms with Crippen LogP contribution < -0.4 is 0 Å². The Bertz CT molecular complexity index is 220. The Kier molecular flexibility index (Phi) is 4.38. The molecule has 1 aliphatic heterocycles. The smallest absolute Gasteiger partial charge is 0.0900 e. The summed E-state index contributed by atoms with van der Waals surface area (Å²) in [7, 11) is 0. The van der Waals surface area contributed by atoms with Crippen LogP contribution in [0.4, 0.5) is 0 Å². The monoisotopic (exact) mass is 229 g/mol. The van der Waals surface area contributed by atoms with Crippen LogP contribution in [0.2, 0.25) is 0 Å². The van der Waals surface area contributed by atoms with E-state index in [1.165, 1.54) is 12.8 Å². The van der Waals surface area contributed by atoms with E-state index >= 15 is 0 Å². The zero-order valence-corrected chi connectivity index (χ0v) is 11.4. The second-order valence-corrected chi connectivity index (χ2v) is 6.44. The van der Waals surface area contributed by atoms with Gasteiger partial charge in [0.05, 0.1) is 18.3 Å². The fourth-order valence-electron chi connectivity index (χ4n) is 2.16. The molecule has 3 nitrogen and oxygen atoms in total. The minimum atomic E-state index is -0.378. The Hall–Kier alpha value is -0.120. The molecule has 0 aromatic carbocycles. The molecule has 0 saturated carbocycles. The zero-order valence-electron chi connectivity index (χ0n) is 11.4. The standard InChI is InChI=1S/C13H27NO2/c1-12(2,3)16-10-11(15)9-14-8-6-7-13(14,4)5/h11,15H,6-10H2,1-5H3. The fourth-order valence-corrected chi connectivity index (χ4v) is 2.16. The first-order chi connectivity index (χ1) is 7.21. The van der Waals surface area contributed by atoms with Crippen molar-refractivity contribution in [1.82, 2.24) is 4.90 Å². The number of rotatable bonds is 4. The largest absolute Gasteiger partial charge is 0.389 e. The van der Waals surface area contributed by atoms with Crippen molar-refractivity contribution < 1.29 is 9.84 Å². The Morgan fingerprint density at radius 2 is 2.00 bits per heavy atom. The van der Waals surface area contributed by atoms with Crippen molar-refractivity contribution in [3.8, 4) is 0 Å². The van der Waals surface area contributed by atoms with Crippen LogP contribution in [0.1, 0.15) is 47.5 Å². The predicted molar refractivity (Wildman–Crippen MR) is 66.6 cm³/mol. The number of hydrogen-bond acceptors (Lipinski definition) is 3. The summed E-state index contributed by atoms with van der Waals surface area (Å²) in [6.07, 6.45) is 2.08. The second-order valence-electron chi connectivity index (χ2n) is 6.44. The maximum atomic E-state index is 9.94. The first kappa shape index (κ1) is 13.9. The van der Waals surface area contributed by atoms with Crippen LogP contribution in [0, 0.1) is 0 Å². The van der Waals surface area contributed by atoms with E-state index in [0.29, 0.717) is 6.61 Å². The molecule has 96 valence electrons. The molecule has 0 amide bonds. The fraction of sp³-hybridized carbons (Fsp3) is 1.00. The van der Waals surface area contributed by atoms with E-state index in [9.17, 15) is 5.11 Å². The molecule has 16 heavy (non-hydrogen) atoms. The van der Waals surface area contributed by atoms with Crippen molar-refractivity contribution in [3.63, 3.8) is 0 Å². The summed E-state index contributed by atoms with van der Waals surface area (Å²) < 4.78 is 5.59. The predicted octanol–water partition coefficient (Wildman–Crippen LogP) is 2.04. The first-order valence-corrected chi connectivity index (χ1v) is 6.28. The molecule has 1 rings (SSSR count). The molecule has 1 aliphatic rings. The molecule has 1 atom stereocenters. The maximum Gasteiger partial charge on any atom is 0.0900 e. The van der Waals surface area contributed by atoms with Crippen molar-refractivity contribution in [2.24, 2.45) is 0 Å². The van der Waals surface area contributed by atoms with Gasteiger partial charge in [0.15, 0.2) is 0 Å². The van der Waals surface area contributed by atoms with Gasteiger partial charge in [-0.05, 0) is 54.0 Å². The second kappa shape index (κ2) is 5.03. The molecule has 0 radical (unpaired) electrons. The quantitative estimate of drug-likeness (QED) is 0.800. The summed E-state index contributed by atoms with van der Waals surface area (Å²) in [6.45, 7) is 12.8. The van der Waals surface area contributed by atoms with Gasteiger partial charge in [0.1, 0.15) is 0 Å². The van der Waals surface area contributed by atoms with E-state index < -0.39 is 0 Å². The third-order valence-electron chi connectivity index (χ3n) is 3.21. The molecule has 0 aromatic heterocycles. The van der Waals surface area contributed by atoms with Crippen LogP contribution in [0.25, 0.3) is 0 Å². The van der Waals surface area contributed by atoms with Gasteiger partial charge in [-0.1, -0.05) is 0 Å². The first-order valence-electron chi connectivity index (χ1n) is 6.28. The summed E-state index contributed by atoms with van der Waals surface area (Å²) in [5.41, 5.74) is 0.0736. The molecule has 1 saturated heterocycles. The minimum Gasteiger partial charge on any atom is -0.389 e. The number of hydrogen-bond donors (Lipinski definition) is 1. The normalized spacial score (nSPS) is 23.6. The van der Waals surface area contributed by atoms with Crippen LogP contribution in [-0.4, -0.2) is 46.9 Å². The van der Waals surface area contributed by atoms with Gasteiger partial charge in [-0.2, -0.15) is 0 Å². The van der Waals surface area contributed by atoms with Gasteiger partial charge in [-0.3, -0.25) is 4.90 Å². The summed E-state index contributed by atoms with van der Waals surface area (Å²) >= 11 is 0. The topological polar surface area (TPSA) is 32.7 Å². The summed E-state index contributed by atoms with van der Waals surface area (Å²) in [5.74, 6) is 0. The van der Waals surface area contributed by atoms with Gasteiger partial charge < -0.3 is 9.84 Å². The molecular formula is C13H27NO2. The van der Waals surface area contributed by atoms with Gasteiger partial charge in [-0.15, -0.1) is 0 Å². The Morgan fingerprint density at radius 3 is 2.44 bits per heavy atom. The molecule has 1 fully saturated rings. The maximum absolute atomic E-state index is 9.94. The lowest BCUT2D eigenvalue weighted by molar-refractivity contribution is -0.0598. The van der Waals surface area contributed by atoms with Crippen molar-refractivity contribution >= 4 is 0 Å². The number of β-amino-alcohol motifs (C(OH)–C–C–N with tert-alkyl or cyclic N) is 1. The minimum absolute atomic E-state index is 0.165. The highest BCUT2D eigenvalue weighted by atomic mass is 16.5. The highest BCUT2D eigenvalue weighted by Crippen LogP contribution is 2.28. The van der Waals surface area contributed by atoms with Crippen LogP contribution in [-0.2, 0) is 4.74 Å². The van der Waals surface area contributed by atoms with E-state index in [-0.39, 0.29) is 17.2 Å². The molecule has 0 aromatic rings. The summed E-state index contributed by atoms with van der Waals surface area (Å²) in [6, 6.07) is 0. The van der Waals surface area contributed by atoms with E-state index in [2.05, 4.69) is 18.7 Å². The highest BCUT2D eigenvalue weighted by molar-refractivity contribution is 4.88. The molecule has 0 spiro atoms. The van der Waals surface area contributed by atoms with E-state index in [1.807, 2.05) is 20.8 Å². The molecule has 3 heteroatoms. The molecular weight excluding hydrogens is 202 g/mol. The number of likely N-dealkylation sites (tertiary alicyclic amines) is 1. The van der Waals surface area contributed by atoms with E-state index in [1.54, 1.807) is 0 Å². The lowest BCUT2D eigenvalue weighted by Gasteiger charge is -2.33. The number of nitrogens with zero attached hydrogens (tertiary/aromatic N) is 1. The third-order valence-corrected chi connectivity index (χ3v) is 3.21. The van der Waals surface area contributed by atoms with Crippen molar-refractivity contribution in [2.45, 2.75) is 64.7 Å². The van der Waals surface area contributed by atoms with E-state index in [0.717, 1.165) is 13.1 Å². The van der Waals surface area contributed by atoms with Crippen LogP contribution in [0.3, 0.4) is 0 Å². The molecule has 0 aliphatic carbocycles. The van der Waals surface area contributed by atoms with Crippen molar-refractivity contribution in [2.75, 3.05) is 19.7 Å². The lowest BCUT2D eigenvalue weighted by Crippen LogP contribution is -2.44. The summed E-state index contributed by atoms with van der Waals surface area (Å²) in [4.78, 5) is 2.36. The third kappa shape index (κ3) is 4.40. The van der Waals surface area contributed by atoms with Crippen LogP contribution in [0.5, 0.6) is 0 Å². The van der Waals surface area contributed by atoms with Crippen molar-refractivity contribution in [1.29, 1.82) is 0 Å². The SMILES string of the molecule is CC(C)(C)OCC(O)CN1CCCC1(C)C. The zero-order chi connectivity index (χ0) is 12.4. The molecule has 0 bridgehead atoms. The van der Waals surface area contributed by atoms with Gasteiger partial charge in [-0.25, -0.2) is 0 Å². The van der Waals surface area contributed by atoms with Gasteiger partial charge in [0, 0.05) is 12.1 Å². The van der Waals surface area contributed by atoms with Crippen molar-refractivity contribution in [3.05, 3.63) is 0 Å². The Balaban J connectivity index is 2.31. The summed E-state index contributed by atoms with van der Waals surface area (Å²) in [5, 5.41) is 9.94. The molecule has 1 N–H and O–H groups in total. The lowest BCUT2D eigenvalue weighted by atomic mass is 10.0. The highest BCUT2D eigenvalue weighted by Gasteiger charge is 2.32. The number of ether oxygens (including phenoxy) is 1. The average Bonchev–Trinajstić information content (AvgIpc) is 2.42.